The smallest absolute Gasteiger partial charge is 0.276 e. The van der Waals surface area contributed by atoms with Gasteiger partial charge in [-0.3, -0.25) is 4.98 Å². The maximum Gasteiger partial charge on any atom is 0.276 e. The fraction of sp³-hybridized carbons (Fsp3) is 0.308. The number of nitrogens with zero attached hydrogens (tertiary/aromatic N) is 2. The van der Waals surface area contributed by atoms with E-state index in [9.17, 15) is 8.42 Å². The van der Waals surface area contributed by atoms with E-state index in [0.717, 1.165) is 5.69 Å². The molecule has 108 valence electrons. The van der Waals surface area contributed by atoms with E-state index < -0.39 is 10.0 Å². The van der Waals surface area contributed by atoms with E-state index in [1.165, 1.54) is 17.4 Å². The van der Waals surface area contributed by atoms with Crippen molar-refractivity contribution < 1.29 is 12.8 Å². The third-order valence-electron chi connectivity index (χ3n) is 2.91. The number of hydrogen-bond acceptors (Lipinski definition) is 5. The molecule has 0 saturated heterocycles. The highest BCUT2D eigenvalue weighted by Gasteiger charge is 2.24. The van der Waals surface area contributed by atoms with E-state index in [-0.39, 0.29) is 11.6 Å². The minimum absolute atomic E-state index is 0.0820. The summed E-state index contributed by atoms with van der Waals surface area (Å²) in [6.07, 6.45) is 2.23. The molecular weight excluding hydrogens is 278 g/mol. The first-order chi connectivity index (χ1) is 9.54. The Balaban J connectivity index is 2.05. The molecular formula is C13H17N3O3S. The Bertz CT molecular complexity index is 653. The van der Waals surface area contributed by atoms with Gasteiger partial charge in [-0.15, -0.1) is 0 Å². The van der Waals surface area contributed by atoms with Gasteiger partial charge in [0.05, 0.1) is 6.54 Å². The van der Waals surface area contributed by atoms with Gasteiger partial charge in [0.15, 0.2) is 0 Å². The van der Waals surface area contributed by atoms with Gasteiger partial charge in [0, 0.05) is 31.9 Å². The predicted molar refractivity (Wildman–Crippen MR) is 74.4 cm³/mol. The second-order valence-corrected chi connectivity index (χ2v) is 6.30. The highest BCUT2D eigenvalue weighted by molar-refractivity contribution is 7.89. The van der Waals surface area contributed by atoms with Crippen molar-refractivity contribution in [2.45, 2.75) is 18.1 Å². The van der Waals surface area contributed by atoms with E-state index in [1.807, 2.05) is 18.2 Å². The average molecular weight is 295 g/mol. The highest BCUT2D eigenvalue weighted by atomic mass is 32.2. The van der Waals surface area contributed by atoms with Gasteiger partial charge in [0.1, 0.15) is 5.76 Å². The summed E-state index contributed by atoms with van der Waals surface area (Å²) in [5.41, 5.74) is 6.25. The molecule has 20 heavy (non-hydrogen) atoms. The van der Waals surface area contributed by atoms with Crippen LogP contribution in [0.5, 0.6) is 0 Å². The van der Waals surface area contributed by atoms with Crippen molar-refractivity contribution in [3.8, 4) is 0 Å². The fourth-order valence-corrected chi connectivity index (χ4v) is 2.79. The van der Waals surface area contributed by atoms with Crippen molar-refractivity contribution in [1.29, 1.82) is 0 Å². The fourth-order valence-electron chi connectivity index (χ4n) is 1.70. The van der Waals surface area contributed by atoms with Crippen LogP contribution in [0.2, 0.25) is 0 Å². The van der Waals surface area contributed by atoms with Gasteiger partial charge in [-0.1, -0.05) is 6.07 Å². The van der Waals surface area contributed by atoms with Crippen molar-refractivity contribution in [1.82, 2.24) is 9.29 Å². The zero-order valence-corrected chi connectivity index (χ0v) is 12.0. The lowest BCUT2D eigenvalue weighted by Gasteiger charge is -2.14. The van der Waals surface area contributed by atoms with Gasteiger partial charge in [0.2, 0.25) is 5.09 Å². The van der Waals surface area contributed by atoms with Gasteiger partial charge in [-0.05, 0) is 24.3 Å². The standard InChI is InChI=1S/C13H17N3O3S/c1-16(9-7-11-4-2-3-8-15-11)20(17,18)13-6-5-12(10-14)19-13/h2-6,8H,7,9-10,14H2,1H3. The second-order valence-electron chi connectivity index (χ2n) is 4.32. The average Bonchev–Trinajstić information content (AvgIpc) is 2.95. The van der Waals surface area contributed by atoms with Crippen molar-refractivity contribution in [3.05, 3.63) is 48.0 Å². The number of hydrogen-bond donors (Lipinski definition) is 1. The number of likely N-dealkylation sites (N-methyl/N-ethyl adjacent to an activating group) is 1. The Kier molecular flexibility index (Phi) is 4.53. The summed E-state index contributed by atoms with van der Waals surface area (Å²) in [5.74, 6) is 0.446. The van der Waals surface area contributed by atoms with Crippen LogP contribution < -0.4 is 5.73 Å². The lowest BCUT2D eigenvalue weighted by molar-refractivity contribution is 0.389. The topological polar surface area (TPSA) is 89.4 Å². The normalized spacial score (nSPS) is 11.9. The summed E-state index contributed by atoms with van der Waals surface area (Å²) in [4.78, 5) is 4.16. The van der Waals surface area contributed by atoms with Crippen LogP contribution in [0, 0.1) is 0 Å². The van der Waals surface area contributed by atoms with Gasteiger partial charge in [0.25, 0.3) is 10.0 Å². The Labute approximate surface area is 118 Å². The summed E-state index contributed by atoms with van der Waals surface area (Å²) in [5, 5.41) is -0.0820. The Morgan fingerprint density at radius 1 is 1.30 bits per heavy atom. The van der Waals surface area contributed by atoms with E-state index in [0.29, 0.717) is 18.7 Å². The van der Waals surface area contributed by atoms with E-state index in [2.05, 4.69) is 4.98 Å². The lowest BCUT2D eigenvalue weighted by atomic mass is 10.3. The molecule has 2 N–H and O–H groups in total. The highest BCUT2D eigenvalue weighted by Crippen LogP contribution is 2.17. The van der Waals surface area contributed by atoms with E-state index >= 15 is 0 Å². The summed E-state index contributed by atoms with van der Waals surface area (Å²) in [6, 6.07) is 8.55. The number of aromatic nitrogens is 1. The lowest BCUT2D eigenvalue weighted by Crippen LogP contribution is -2.28. The van der Waals surface area contributed by atoms with Crippen LogP contribution >= 0.6 is 0 Å². The molecule has 0 fully saturated rings. The molecule has 2 rings (SSSR count). The van der Waals surface area contributed by atoms with Crippen LogP contribution in [-0.4, -0.2) is 31.3 Å². The molecule has 0 aliphatic carbocycles. The molecule has 2 aromatic heterocycles. The molecule has 0 spiro atoms. The molecule has 0 bridgehead atoms. The monoisotopic (exact) mass is 295 g/mol. The molecule has 0 aromatic carbocycles. The van der Waals surface area contributed by atoms with Crippen LogP contribution in [0.4, 0.5) is 0 Å². The molecule has 0 unspecified atom stereocenters. The number of pyridine rings is 1. The molecule has 0 aliphatic heterocycles. The molecule has 7 heteroatoms. The van der Waals surface area contributed by atoms with Crippen LogP contribution in [0.3, 0.4) is 0 Å². The zero-order chi connectivity index (χ0) is 14.6. The SMILES string of the molecule is CN(CCc1ccccn1)S(=O)(=O)c1ccc(CN)o1. The predicted octanol–water partition coefficient (Wildman–Crippen LogP) is 0.996. The maximum absolute atomic E-state index is 12.3. The van der Waals surface area contributed by atoms with Crippen LogP contribution in [-0.2, 0) is 23.0 Å². The molecule has 0 atom stereocenters. The van der Waals surface area contributed by atoms with E-state index in [1.54, 1.807) is 12.3 Å². The van der Waals surface area contributed by atoms with Crippen molar-refractivity contribution in [2.24, 2.45) is 5.73 Å². The first kappa shape index (κ1) is 14.7. The summed E-state index contributed by atoms with van der Waals surface area (Å²) in [6.45, 7) is 0.505. The molecule has 0 amide bonds. The number of sulfonamides is 1. The third-order valence-corrected chi connectivity index (χ3v) is 4.64. The van der Waals surface area contributed by atoms with Gasteiger partial charge < -0.3 is 10.2 Å². The molecule has 6 nitrogen and oxygen atoms in total. The molecule has 2 aromatic rings. The minimum atomic E-state index is -3.62. The number of rotatable bonds is 6. The molecule has 2 heterocycles. The zero-order valence-electron chi connectivity index (χ0n) is 11.2. The first-order valence-electron chi connectivity index (χ1n) is 6.19. The minimum Gasteiger partial charge on any atom is -0.447 e. The van der Waals surface area contributed by atoms with Gasteiger partial charge in [-0.25, -0.2) is 8.42 Å². The van der Waals surface area contributed by atoms with Crippen LogP contribution in [0.15, 0.2) is 46.0 Å². The Morgan fingerprint density at radius 3 is 2.70 bits per heavy atom. The third kappa shape index (κ3) is 3.24. The van der Waals surface area contributed by atoms with Crippen molar-refractivity contribution in [3.63, 3.8) is 0 Å². The van der Waals surface area contributed by atoms with Crippen LogP contribution in [0.25, 0.3) is 0 Å². The van der Waals surface area contributed by atoms with Gasteiger partial charge >= 0.3 is 0 Å². The largest absolute Gasteiger partial charge is 0.447 e. The quantitative estimate of drug-likeness (QED) is 0.858. The molecule has 0 saturated carbocycles. The second kappa shape index (κ2) is 6.17. The Morgan fingerprint density at radius 2 is 2.10 bits per heavy atom. The summed E-state index contributed by atoms with van der Waals surface area (Å²) < 4.78 is 31.0. The summed E-state index contributed by atoms with van der Waals surface area (Å²) >= 11 is 0. The molecule has 0 aliphatic rings. The van der Waals surface area contributed by atoms with Gasteiger partial charge in [-0.2, -0.15) is 4.31 Å². The first-order valence-corrected chi connectivity index (χ1v) is 7.63. The van der Waals surface area contributed by atoms with E-state index in [4.69, 9.17) is 10.2 Å². The Hall–Kier alpha value is -1.70. The van der Waals surface area contributed by atoms with Crippen molar-refractivity contribution >= 4 is 10.0 Å². The maximum atomic E-state index is 12.3. The van der Waals surface area contributed by atoms with Crippen LogP contribution in [0.1, 0.15) is 11.5 Å². The molecule has 0 radical (unpaired) electrons. The van der Waals surface area contributed by atoms with Crippen molar-refractivity contribution in [2.75, 3.05) is 13.6 Å². The summed E-state index contributed by atoms with van der Waals surface area (Å²) in [7, 11) is -2.10. The number of furan rings is 1. The number of nitrogens with two attached hydrogens (primary N) is 1.